The molecule has 4 fully saturated rings. The van der Waals surface area contributed by atoms with Gasteiger partial charge in [0.25, 0.3) is 0 Å². The summed E-state index contributed by atoms with van der Waals surface area (Å²) >= 11 is 0. The van der Waals surface area contributed by atoms with Gasteiger partial charge in [0.05, 0.1) is 0 Å². The molecule has 1 aromatic carbocycles. The average Bonchev–Trinajstić information content (AvgIpc) is 2.48. The van der Waals surface area contributed by atoms with Gasteiger partial charge in [0.2, 0.25) is 0 Å². The summed E-state index contributed by atoms with van der Waals surface area (Å²) in [7, 11) is 0. The van der Waals surface area contributed by atoms with E-state index in [0.717, 1.165) is 17.5 Å². The van der Waals surface area contributed by atoms with Crippen molar-refractivity contribution in [1.29, 1.82) is 0 Å². The molecule has 1 N–H and O–H groups in total. The number of hydrogen-bond donors (Lipinski definition) is 1. The minimum absolute atomic E-state index is 0.309. The molecule has 1 aromatic rings. The maximum absolute atomic E-state index is 12.7. The molecule has 116 valence electrons. The third-order valence-corrected chi connectivity index (χ3v) is 6.10. The second-order valence-corrected chi connectivity index (χ2v) is 7.70. The molecule has 0 radical (unpaired) electrons. The Morgan fingerprint density at radius 1 is 1.00 bits per heavy atom. The quantitative estimate of drug-likeness (QED) is 0.825. The van der Waals surface area contributed by atoms with Crippen molar-refractivity contribution in [3.05, 3.63) is 42.1 Å². The first-order chi connectivity index (χ1) is 10.7. The van der Waals surface area contributed by atoms with Gasteiger partial charge in [-0.15, -0.1) is 0 Å². The first-order valence-electron chi connectivity index (χ1n) is 8.72. The molecule has 22 heavy (non-hydrogen) atoms. The van der Waals surface area contributed by atoms with Crippen LogP contribution in [0.4, 0.5) is 5.69 Å². The summed E-state index contributed by atoms with van der Waals surface area (Å²) in [5, 5.41) is 3.22. The number of nitrogens with one attached hydrogen (secondary N) is 1. The maximum atomic E-state index is 12.7. The lowest BCUT2D eigenvalue weighted by atomic mass is 9.51. The summed E-state index contributed by atoms with van der Waals surface area (Å²) < 4.78 is 0. The van der Waals surface area contributed by atoms with Gasteiger partial charge < -0.3 is 5.32 Å². The highest BCUT2D eigenvalue weighted by molar-refractivity contribution is 5.92. The van der Waals surface area contributed by atoms with E-state index in [1.165, 1.54) is 37.7 Å². The minimum Gasteiger partial charge on any atom is -0.362 e. The molecule has 2 nitrogen and oxygen atoms in total. The molecule has 0 aliphatic heterocycles. The Kier molecular flexibility index (Phi) is 3.56. The van der Waals surface area contributed by atoms with E-state index < -0.39 is 0 Å². The lowest BCUT2D eigenvalue weighted by Crippen LogP contribution is -2.47. The van der Waals surface area contributed by atoms with Gasteiger partial charge in [-0.2, -0.15) is 0 Å². The summed E-state index contributed by atoms with van der Waals surface area (Å²) in [4.78, 5) is 12.7. The number of carbonyl (C=O) groups excluding carboxylic acids is 1. The topological polar surface area (TPSA) is 29.1 Å². The fourth-order valence-corrected chi connectivity index (χ4v) is 5.37. The maximum Gasteiger partial charge on any atom is 0.160 e. The average molecular weight is 295 g/mol. The van der Waals surface area contributed by atoms with Crippen LogP contribution in [0.3, 0.4) is 0 Å². The molecule has 0 saturated heterocycles. The number of hydrogen-bond acceptors (Lipinski definition) is 2. The van der Waals surface area contributed by atoms with Crippen molar-refractivity contribution in [1.82, 2.24) is 0 Å². The van der Waals surface area contributed by atoms with Gasteiger partial charge in [0, 0.05) is 17.8 Å². The van der Waals surface area contributed by atoms with Crippen LogP contribution in [0.5, 0.6) is 0 Å². The zero-order valence-corrected chi connectivity index (χ0v) is 13.3. The van der Waals surface area contributed by atoms with Crippen molar-refractivity contribution in [2.75, 3.05) is 5.32 Å². The zero-order valence-electron chi connectivity index (χ0n) is 13.3. The standard InChI is InChI=1S/C20H25NO/c1-13-2-4-18(5-3-13)21-7-6-19(22)20-16-9-14-8-15(11-16)12-17(20)10-14/h2-7,14-17,20-21H,8-12H2,1H3/b7-6+. The second kappa shape index (κ2) is 5.57. The van der Waals surface area contributed by atoms with E-state index in [1.807, 2.05) is 18.3 Å². The molecule has 0 spiro atoms. The lowest BCUT2D eigenvalue weighted by molar-refractivity contribution is -0.130. The first-order valence-corrected chi connectivity index (χ1v) is 8.72. The first kappa shape index (κ1) is 14.0. The van der Waals surface area contributed by atoms with E-state index in [4.69, 9.17) is 0 Å². The second-order valence-electron chi connectivity index (χ2n) is 7.70. The van der Waals surface area contributed by atoms with Crippen molar-refractivity contribution in [2.45, 2.75) is 39.0 Å². The van der Waals surface area contributed by atoms with Crippen LogP contribution in [0.1, 0.15) is 37.7 Å². The number of rotatable bonds is 4. The van der Waals surface area contributed by atoms with Crippen molar-refractivity contribution in [3.63, 3.8) is 0 Å². The highest BCUT2D eigenvalue weighted by Crippen LogP contribution is 2.56. The number of allylic oxidation sites excluding steroid dienone is 1. The van der Waals surface area contributed by atoms with E-state index in [2.05, 4.69) is 24.4 Å². The number of anilines is 1. The van der Waals surface area contributed by atoms with Crippen LogP contribution in [-0.4, -0.2) is 5.78 Å². The monoisotopic (exact) mass is 295 g/mol. The predicted molar refractivity (Wildman–Crippen MR) is 89.5 cm³/mol. The molecule has 2 heteroatoms. The van der Waals surface area contributed by atoms with Gasteiger partial charge in [-0.3, -0.25) is 4.79 Å². The summed E-state index contributed by atoms with van der Waals surface area (Å²) in [6.45, 7) is 2.08. The Morgan fingerprint density at radius 3 is 2.18 bits per heavy atom. The number of aryl methyl sites for hydroxylation is 1. The van der Waals surface area contributed by atoms with Crippen molar-refractivity contribution >= 4 is 11.5 Å². The Balaban J connectivity index is 1.39. The Hall–Kier alpha value is -1.57. The Morgan fingerprint density at radius 2 is 1.59 bits per heavy atom. The third kappa shape index (κ3) is 2.60. The van der Waals surface area contributed by atoms with Crippen molar-refractivity contribution < 1.29 is 4.79 Å². The fourth-order valence-electron chi connectivity index (χ4n) is 5.37. The van der Waals surface area contributed by atoms with Crippen LogP contribution in [0.15, 0.2) is 36.5 Å². The molecule has 0 atom stereocenters. The number of benzene rings is 1. The highest BCUT2D eigenvalue weighted by Gasteiger charge is 2.49. The van der Waals surface area contributed by atoms with Crippen molar-refractivity contribution in [3.8, 4) is 0 Å². The van der Waals surface area contributed by atoms with E-state index in [-0.39, 0.29) is 0 Å². The van der Waals surface area contributed by atoms with Gasteiger partial charge in [0.15, 0.2) is 5.78 Å². The van der Waals surface area contributed by atoms with Crippen LogP contribution in [-0.2, 0) is 4.79 Å². The minimum atomic E-state index is 0.309. The van der Waals surface area contributed by atoms with Crippen molar-refractivity contribution in [2.24, 2.45) is 29.6 Å². The molecular weight excluding hydrogens is 270 g/mol. The van der Waals surface area contributed by atoms with Crippen LogP contribution in [0.25, 0.3) is 0 Å². The normalized spacial score (nSPS) is 36.0. The molecule has 0 amide bonds. The largest absolute Gasteiger partial charge is 0.362 e. The van der Waals surface area contributed by atoms with Crippen LogP contribution < -0.4 is 5.32 Å². The summed E-state index contributed by atoms with van der Waals surface area (Å²) in [5.41, 5.74) is 2.29. The molecule has 4 aliphatic carbocycles. The zero-order chi connectivity index (χ0) is 15.1. The molecule has 4 saturated carbocycles. The number of ketones is 1. The molecular formula is C20H25NO. The van der Waals surface area contributed by atoms with Crippen LogP contribution in [0.2, 0.25) is 0 Å². The molecule has 0 aromatic heterocycles. The Labute approximate surface area is 133 Å². The Bertz CT molecular complexity index is 558. The molecule has 0 unspecified atom stereocenters. The van der Waals surface area contributed by atoms with Gasteiger partial charge >= 0.3 is 0 Å². The summed E-state index contributed by atoms with van der Waals surface area (Å²) in [6.07, 6.45) is 10.3. The van der Waals surface area contributed by atoms with Crippen LogP contribution >= 0.6 is 0 Å². The van der Waals surface area contributed by atoms with Gasteiger partial charge in [-0.25, -0.2) is 0 Å². The summed E-state index contributed by atoms with van der Waals surface area (Å²) in [6, 6.07) is 8.26. The molecule has 0 heterocycles. The number of carbonyl (C=O) groups is 1. The third-order valence-electron chi connectivity index (χ3n) is 6.10. The SMILES string of the molecule is Cc1ccc(N/C=C/C(=O)C2C3CC4CC(C3)CC2C4)cc1. The van der Waals surface area contributed by atoms with E-state index in [0.29, 0.717) is 23.5 Å². The molecule has 4 aliphatic rings. The fraction of sp³-hybridized carbons (Fsp3) is 0.550. The summed E-state index contributed by atoms with van der Waals surface area (Å²) in [5.74, 6) is 3.88. The van der Waals surface area contributed by atoms with E-state index >= 15 is 0 Å². The van der Waals surface area contributed by atoms with E-state index in [9.17, 15) is 4.79 Å². The van der Waals surface area contributed by atoms with E-state index in [1.54, 1.807) is 6.08 Å². The van der Waals surface area contributed by atoms with Gasteiger partial charge in [-0.1, -0.05) is 17.7 Å². The van der Waals surface area contributed by atoms with Crippen LogP contribution in [0, 0.1) is 36.5 Å². The predicted octanol–water partition coefficient (Wildman–Crippen LogP) is 4.56. The molecule has 5 rings (SSSR count). The molecule has 4 bridgehead atoms. The van der Waals surface area contributed by atoms with Gasteiger partial charge in [-0.05, 0) is 80.9 Å². The lowest BCUT2D eigenvalue weighted by Gasteiger charge is -2.53. The van der Waals surface area contributed by atoms with Gasteiger partial charge in [0.1, 0.15) is 0 Å². The highest BCUT2D eigenvalue weighted by atomic mass is 16.1. The smallest absolute Gasteiger partial charge is 0.160 e.